The van der Waals surface area contributed by atoms with Crippen LogP contribution in [-0.2, 0) is 9.53 Å². The number of aliphatic hydroxyl groups excluding tert-OH is 3. The molecule has 182 valence electrons. The fourth-order valence-electron chi connectivity index (χ4n) is 4.29. The third-order valence-corrected chi connectivity index (χ3v) is 6.24. The van der Waals surface area contributed by atoms with Gasteiger partial charge in [-0.2, -0.15) is 0 Å². The SMILES string of the molecule is CCCCCCCCCCCCCC[C@@H](O)CC[C@H](O)C[C@@H](O)C[C@H]1CC=CC(=O)O1. The topological polar surface area (TPSA) is 87.0 Å². The predicted molar refractivity (Wildman–Crippen MR) is 126 cm³/mol. The fraction of sp³-hybridized carbons (Fsp3) is 0.885. The second kappa shape index (κ2) is 18.6. The molecule has 0 aliphatic carbocycles. The summed E-state index contributed by atoms with van der Waals surface area (Å²) in [6.45, 7) is 2.26. The summed E-state index contributed by atoms with van der Waals surface area (Å²) in [6.07, 6.45) is 19.9. The molecule has 1 aliphatic heterocycles. The van der Waals surface area contributed by atoms with Crippen molar-refractivity contribution in [3.63, 3.8) is 0 Å². The number of ether oxygens (including phenoxy) is 1. The van der Waals surface area contributed by atoms with E-state index in [-0.39, 0.29) is 24.6 Å². The van der Waals surface area contributed by atoms with Crippen molar-refractivity contribution < 1.29 is 24.9 Å². The predicted octanol–water partition coefficient (Wildman–Crippen LogP) is 5.59. The van der Waals surface area contributed by atoms with E-state index < -0.39 is 12.2 Å². The molecule has 0 unspecified atom stereocenters. The van der Waals surface area contributed by atoms with Crippen LogP contribution < -0.4 is 0 Å². The van der Waals surface area contributed by atoms with E-state index in [2.05, 4.69) is 6.92 Å². The average molecular weight is 441 g/mol. The second-order valence-corrected chi connectivity index (χ2v) is 9.38. The first kappa shape index (κ1) is 28.1. The van der Waals surface area contributed by atoms with Crippen LogP contribution in [0.25, 0.3) is 0 Å². The highest BCUT2D eigenvalue weighted by Gasteiger charge is 2.22. The van der Waals surface area contributed by atoms with Gasteiger partial charge < -0.3 is 20.1 Å². The highest BCUT2D eigenvalue weighted by Crippen LogP contribution is 2.18. The van der Waals surface area contributed by atoms with E-state index >= 15 is 0 Å². The molecule has 1 heterocycles. The molecule has 1 rings (SSSR count). The van der Waals surface area contributed by atoms with E-state index in [0.717, 1.165) is 12.8 Å². The molecule has 0 aromatic heterocycles. The summed E-state index contributed by atoms with van der Waals surface area (Å²) in [5.74, 6) is -0.370. The Hall–Kier alpha value is -0.910. The van der Waals surface area contributed by atoms with Crippen molar-refractivity contribution in [3.05, 3.63) is 12.2 Å². The van der Waals surface area contributed by atoms with Crippen molar-refractivity contribution in [2.24, 2.45) is 0 Å². The molecule has 0 radical (unpaired) electrons. The lowest BCUT2D eigenvalue weighted by Crippen LogP contribution is -2.28. The highest BCUT2D eigenvalue weighted by atomic mass is 16.5. The first-order valence-corrected chi connectivity index (χ1v) is 12.9. The van der Waals surface area contributed by atoms with Gasteiger partial charge in [0.05, 0.1) is 18.3 Å². The van der Waals surface area contributed by atoms with E-state index in [4.69, 9.17) is 4.74 Å². The van der Waals surface area contributed by atoms with Gasteiger partial charge in [0.1, 0.15) is 6.10 Å². The maximum atomic E-state index is 11.2. The van der Waals surface area contributed by atoms with E-state index in [9.17, 15) is 20.1 Å². The molecule has 4 atom stereocenters. The number of carbonyl (C=O) groups excluding carboxylic acids is 1. The fourth-order valence-corrected chi connectivity index (χ4v) is 4.29. The lowest BCUT2D eigenvalue weighted by atomic mass is 9.98. The number of aliphatic hydroxyl groups is 3. The van der Waals surface area contributed by atoms with Crippen molar-refractivity contribution in [1.82, 2.24) is 0 Å². The molecule has 0 saturated carbocycles. The molecule has 5 nitrogen and oxygen atoms in total. The molecule has 31 heavy (non-hydrogen) atoms. The van der Waals surface area contributed by atoms with Crippen LogP contribution in [0, 0.1) is 0 Å². The largest absolute Gasteiger partial charge is 0.459 e. The Morgan fingerprint density at radius 2 is 1.35 bits per heavy atom. The molecule has 3 N–H and O–H groups in total. The summed E-state index contributed by atoms with van der Waals surface area (Å²) >= 11 is 0. The number of hydrogen-bond donors (Lipinski definition) is 3. The molecule has 0 saturated heterocycles. The van der Waals surface area contributed by atoms with E-state index in [1.54, 1.807) is 6.08 Å². The molecule has 1 aliphatic rings. The summed E-state index contributed by atoms with van der Waals surface area (Å²) in [4.78, 5) is 11.2. The highest BCUT2D eigenvalue weighted by molar-refractivity contribution is 5.82. The van der Waals surface area contributed by atoms with Crippen LogP contribution in [0.15, 0.2) is 12.2 Å². The van der Waals surface area contributed by atoms with Gasteiger partial charge in [0.2, 0.25) is 0 Å². The molecule has 5 heteroatoms. The van der Waals surface area contributed by atoms with Gasteiger partial charge in [-0.15, -0.1) is 0 Å². The zero-order chi connectivity index (χ0) is 22.7. The van der Waals surface area contributed by atoms with Crippen LogP contribution in [0.5, 0.6) is 0 Å². The number of carbonyl (C=O) groups is 1. The van der Waals surface area contributed by atoms with Gasteiger partial charge in [0.15, 0.2) is 0 Å². The third-order valence-electron chi connectivity index (χ3n) is 6.24. The second-order valence-electron chi connectivity index (χ2n) is 9.38. The van der Waals surface area contributed by atoms with Crippen LogP contribution in [0.1, 0.15) is 122 Å². The monoisotopic (exact) mass is 440 g/mol. The standard InChI is InChI=1S/C26H48O5/c1-2-3-4-5-6-7-8-9-10-11-12-13-15-22(27)18-19-23(28)20-24(29)21-25-16-14-17-26(30)31-25/h14,17,22-25,27-29H,2-13,15-16,18-21H2,1H3/t22-,23+,24-,25-/m1/s1. The smallest absolute Gasteiger partial charge is 0.330 e. The minimum Gasteiger partial charge on any atom is -0.459 e. The Balaban J connectivity index is 1.91. The molecular weight excluding hydrogens is 392 g/mol. The van der Waals surface area contributed by atoms with Gasteiger partial charge in [-0.05, 0) is 25.7 Å². The van der Waals surface area contributed by atoms with Crippen LogP contribution >= 0.6 is 0 Å². The molecule has 0 aromatic rings. The van der Waals surface area contributed by atoms with Gasteiger partial charge in [0.25, 0.3) is 0 Å². The quantitative estimate of drug-likeness (QED) is 0.170. The number of esters is 1. The first-order chi connectivity index (χ1) is 15.0. The molecule has 0 spiro atoms. The van der Waals surface area contributed by atoms with Gasteiger partial charge in [0, 0.05) is 18.9 Å². The lowest BCUT2D eigenvalue weighted by Gasteiger charge is -2.23. The Bertz CT molecular complexity index is 465. The van der Waals surface area contributed by atoms with Crippen molar-refractivity contribution in [1.29, 1.82) is 0 Å². The summed E-state index contributed by atoms with van der Waals surface area (Å²) in [5.41, 5.74) is 0. The Labute approximate surface area is 190 Å². The Kier molecular flexibility index (Phi) is 16.9. The van der Waals surface area contributed by atoms with E-state index in [1.165, 1.54) is 76.7 Å². The van der Waals surface area contributed by atoms with Crippen LogP contribution in [0.4, 0.5) is 0 Å². The normalized spacial score (nSPS) is 19.2. The van der Waals surface area contributed by atoms with Crippen molar-refractivity contribution in [2.45, 2.75) is 147 Å². The number of unbranched alkanes of at least 4 members (excludes halogenated alkanes) is 11. The maximum absolute atomic E-state index is 11.2. The van der Waals surface area contributed by atoms with Crippen molar-refractivity contribution >= 4 is 5.97 Å². The van der Waals surface area contributed by atoms with Crippen molar-refractivity contribution in [2.75, 3.05) is 0 Å². The Morgan fingerprint density at radius 1 is 0.806 bits per heavy atom. The third kappa shape index (κ3) is 16.4. The number of rotatable bonds is 20. The summed E-state index contributed by atoms with van der Waals surface area (Å²) < 4.78 is 5.14. The number of hydrogen-bond acceptors (Lipinski definition) is 5. The van der Waals surface area contributed by atoms with E-state index in [0.29, 0.717) is 25.7 Å². The summed E-state index contributed by atoms with van der Waals surface area (Å²) in [6, 6.07) is 0. The maximum Gasteiger partial charge on any atom is 0.330 e. The summed E-state index contributed by atoms with van der Waals surface area (Å²) in [7, 11) is 0. The molecule has 0 fully saturated rings. The van der Waals surface area contributed by atoms with Crippen LogP contribution in [0.3, 0.4) is 0 Å². The van der Waals surface area contributed by atoms with Crippen LogP contribution in [0.2, 0.25) is 0 Å². The minimum atomic E-state index is -0.701. The van der Waals surface area contributed by atoms with Crippen LogP contribution in [-0.4, -0.2) is 45.7 Å². The van der Waals surface area contributed by atoms with Gasteiger partial charge in [-0.3, -0.25) is 0 Å². The molecule has 0 amide bonds. The zero-order valence-electron chi connectivity index (χ0n) is 19.9. The van der Waals surface area contributed by atoms with Gasteiger partial charge >= 0.3 is 5.97 Å². The lowest BCUT2D eigenvalue weighted by molar-refractivity contribution is -0.145. The Morgan fingerprint density at radius 3 is 1.94 bits per heavy atom. The van der Waals surface area contributed by atoms with Crippen molar-refractivity contribution in [3.8, 4) is 0 Å². The molecular formula is C26H48O5. The summed E-state index contributed by atoms with van der Waals surface area (Å²) in [5, 5.41) is 30.4. The first-order valence-electron chi connectivity index (χ1n) is 12.9. The number of cyclic esters (lactones) is 1. The average Bonchev–Trinajstić information content (AvgIpc) is 2.73. The molecule has 0 bridgehead atoms. The van der Waals surface area contributed by atoms with Gasteiger partial charge in [-0.1, -0.05) is 90.0 Å². The minimum absolute atomic E-state index is 0.253. The zero-order valence-corrected chi connectivity index (χ0v) is 19.9. The van der Waals surface area contributed by atoms with E-state index in [1.807, 2.05) is 0 Å². The molecule has 0 aromatic carbocycles. The van der Waals surface area contributed by atoms with Gasteiger partial charge in [-0.25, -0.2) is 4.79 Å².